The molecule has 0 saturated carbocycles. The van der Waals surface area contributed by atoms with Crippen molar-refractivity contribution in [2.75, 3.05) is 0 Å². The van der Waals surface area contributed by atoms with Crippen molar-refractivity contribution >= 4 is 0 Å². The van der Waals surface area contributed by atoms with Gasteiger partial charge in [0.05, 0.1) is 0 Å². The second-order valence-corrected chi connectivity index (χ2v) is 2.43. The van der Waals surface area contributed by atoms with Crippen LogP contribution in [0.15, 0.2) is 23.7 Å². The van der Waals surface area contributed by atoms with E-state index in [1.807, 2.05) is 0 Å². The molecule has 2 unspecified atom stereocenters. The fourth-order valence-electron chi connectivity index (χ4n) is 0.819. The maximum atomic E-state index is 12.6. The van der Waals surface area contributed by atoms with Crippen LogP contribution in [0.25, 0.3) is 0 Å². The van der Waals surface area contributed by atoms with Crippen molar-refractivity contribution in [3.8, 4) is 0 Å². The molecule has 0 heterocycles. The molecule has 0 radical (unpaired) electrons. The van der Waals surface area contributed by atoms with Crippen LogP contribution < -0.4 is 5.73 Å². The Morgan fingerprint density at radius 2 is 2.20 bits per heavy atom. The van der Waals surface area contributed by atoms with Crippen LogP contribution in [0.5, 0.6) is 0 Å². The average Bonchev–Trinajstić information content (AvgIpc) is 1.82. The summed E-state index contributed by atoms with van der Waals surface area (Å²) in [5, 5.41) is 0. The van der Waals surface area contributed by atoms with E-state index in [4.69, 9.17) is 5.73 Å². The maximum Gasteiger partial charge on any atom is 0.129 e. The van der Waals surface area contributed by atoms with Gasteiger partial charge in [-0.25, -0.2) is 8.78 Å². The molecule has 2 N–H and O–H groups in total. The van der Waals surface area contributed by atoms with Crippen molar-refractivity contribution in [3.05, 3.63) is 23.7 Å². The second-order valence-electron chi connectivity index (χ2n) is 2.43. The molecule has 1 aliphatic rings. The fourth-order valence-corrected chi connectivity index (χ4v) is 0.819. The van der Waals surface area contributed by atoms with Crippen molar-refractivity contribution in [1.29, 1.82) is 0 Å². The zero-order valence-electron chi connectivity index (χ0n) is 5.64. The van der Waals surface area contributed by atoms with E-state index in [0.717, 1.165) is 6.08 Å². The van der Waals surface area contributed by atoms with Gasteiger partial charge in [-0.3, -0.25) is 0 Å². The Labute approximate surface area is 58.2 Å². The Morgan fingerprint density at radius 1 is 1.60 bits per heavy atom. The number of hydrogen-bond acceptors (Lipinski definition) is 1. The molecule has 0 aromatic heterocycles. The lowest BCUT2D eigenvalue weighted by atomic mass is 9.98. The SMILES string of the molecule is CC1C(F)=CC(N)=CC1F. The van der Waals surface area contributed by atoms with Crippen LogP contribution in [0.4, 0.5) is 8.78 Å². The topological polar surface area (TPSA) is 26.0 Å². The first kappa shape index (κ1) is 7.25. The van der Waals surface area contributed by atoms with Crippen molar-refractivity contribution in [3.63, 3.8) is 0 Å². The number of allylic oxidation sites excluding steroid dienone is 3. The summed E-state index contributed by atoms with van der Waals surface area (Å²) in [5.41, 5.74) is 5.35. The lowest BCUT2D eigenvalue weighted by Crippen LogP contribution is -2.17. The minimum Gasteiger partial charge on any atom is -0.399 e. The fraction of sp³-hybridized carbons (Fsp3) is 0.429. The second kappa shape index (κ2) is 2.40. The first-order chi connectivity index (χ1) is 4.61. The van der Waals surface area contributed by atoms with Gasteiger partial charge in [0.2, 0.25) is 0 Å². The number of rotatable bonds is 0. The van der Waals surface area contributed by atoms with Crippen LogP contribution in [0, 0.1) is 5.92 Å². The molecule has 56 valence electrons. The van der Waals surface area contributed by atoms with Gasteiger partial charge in [-0.1, -0.05) is 6.92 Å². The van der Waals surface area contributed by atoms with Gasteiger partial charge >= 0.3 is 0 Å². The summed E-state index contributed by atoms with van der Waals surface area (Å²) in [5.74, 6) is -1.15. The minimum atomic E-state index is -1.27. The third-order valence-electron chi connectivity index (χ3n) is 1.57. The monoisotopic (exact) mass is 145 g/mol. The molecule has 10 heavy (non-hydrogen) atoms. The highest BCUT2D eigenvalue weighted by Gasteiger charge is 2.22. The molecule has 0 spiro atoms. The van der Waals surface area contributed by atoms with E-state index in [2.05, 4.69) is 0 Å². The van der Waals surface area contributed by atoms with Gasteiger partial charge in [0.1, 0.15) is 12.0 Å². The zero-order chi connectivity index (χ0) is 7.72. The van der Waals surface area contributed by atoms with Crippen LogP contribution in [-0.4, -0.2) is 6.17 Å². The summed E-state index contributed by atoms with van der Waals surface area (Å²) in [6.45, 7) is 1.49. The highest BCUT2D eigenvalue weighted by Crippen LogP contribution is 2.25. The largest absolute Gasteiger partial charge is 0.399 e. The lowest BCUT2D eigenvalue weighted by Gasteiger charge is -2.16. The average molecular weight is 145 g/mol. The molecule has 0 aromatic carbocycles. The molecular formula is C7H9F2N. The standard InChI is InChI=1S/C7H9F2N/c1-4-6(8)2-5(10)3-7(4)9/h2-4,6H,10H2,1H3. The third kappa shape index (κ3) is 1.17. The van der Waals surface area contributed by atoms with Crippen LogP contribution in [0.1, 0.15) is 6.92 Å². The molecular weight excluding hydrogens is 136 g/mol. The molecule has 3 heteroatoms. The van der Waals surface area contributed by atoms with Gasteiger partial charge in [-0.15, -0.1) is 0 Å². The van der Waals surface area contributed by atoms with Crippen molar-refractivity contribution in [1.82, 2.24) is 0 Å². The number of alkyl halides is 1. The van der Waals surface area contributed by atoms with E-state index < -0.39 is 17.9 Å². The van der Waals surface area contributed by atoms with E-state index in [-0.39, 0.29) is 5.70 Å². The molecule has 0 bridgehead atoms. The van der Waals surface area contributed by atoms with Gasteiger partial charge in [-0.05, 0) is 12.2 Å². The smallest absolute Gasteiger partial charge is 0.129 e. The summed E-state index contributed by atoms with van der Waals surface area (Å²) in [7, 11) is 0. The molecule has 0 saturated heterocycles. The predicted molar refractivity (Wildman–Crippen MR) is 35.5 cm³/mol. The number of nitrogens with two attached hydrogens (primary N) is 1. The van der Waals surface area contributed by atoms with E-state index in [1.165, 1.54) is 13.0 Å². The summed E-state index contributed by atoms with van der Waals surface area (Å²) >= 11 is 0. The third-order valence-corrected chi connectivity index (χ3v) is 1.57. The molecule has 2 atom stereocenters. The zero-order valence-corrected chi connectivity index (χ0v) is 5.64. The Bertz CT molecular complexity index is 196. The summed E-state index contributed by atoms with van der Waals surface area (Å²) in [4.78, 5) is 0. The Morgan fingerprint density at radius 3 is 2.70 bits per heavy atom. The molecule has 0 amide bonds. The minimum absolute atomic E-state index is 0.170. The number of halogens is 2. The van der Waals surface area contributed by atoms with E-state index in [1.54, 1.807) is 0 Å². The summed E-state index contributed by atoms with van der Waals surface area (Å²) in [6, 6.07) is 0. The summed E-state index contributed by atoms with van der Waals surface area (Å²) < 4.78 is 25.2. The van der Waals surface area contributed by atoms with E-state index in [9.17, 15) is 8.78 Å². The lowest BCUT2D eigenvalue weighted by molar-refractivity contribution is 0.289. The van der Waals surface area contributed by atoms with Gasteiger partial charge in [-0.2, -0.15) is 0 Å². The van der Waals surface area contributed by atoms with Crippen molar-refractivity contribution in [2.45, 2.75) is 13.1 Å². The Hall–Kier alpha value is -0.860. The molecule has 0 fully saturated rings. The van der Waals surface area contributed by atoms with E-state index in [0.29, 0.717) is 0 Å². The Kier molecular flexibility index (Phi) is 1.74. The highest BCUT2D eigenvalue weighted by molar-refractivity contribution is 5.26. The predicted octanol–water partition coefficient (Wildman–Crippen LogP) is 1.67. The Balaban J connectivity index is 2.85. The van der Waals surface area contributed by atoms with Crippen molar-refractivity contribution < 1.29 is 8.78 Å². The first-order valence-electron chi connectivity index (χ1n) is 3.09. The quantitative estimate of drug-likeness (QED) is 0.551. The maximum absolute atomic E-state index is 12.6. The molecule has 0 aromatic rings. The normalized spacial score (nSPS) is 33.1. The van der Waals surface area contributed by atoms with Crippen LogP contribution >= 0.6 is 0 Å². The molecule has 1 aliphatic carbocycles. The molecule has 1 nitrogen and oxygen atoms in total. The van der Waals surface area contributed by atoms with Gasteiger partial charge in [0.15, 0.2) is 0 Å². The van der Waals surface area contributed by atoms with Gasteiger partial charge in [0.25, 0.3) is 0 Å². The van der Waals surface area contributed by atoms with Crippen LogP contribution in [0.2, 0.25) is 0 Å². The summed E-state index contributed by atoms with van der Waals surface area (Å²) in [6.07, 6.45) is 1.10. The number of hydrogen-bond donors (Lipinski definition) is 1. The van der Waals surface area contributed by atoms with Gasteiger partial charge in [0, 0.05) is 11.6 Å². The molecule has 1 rings (SSSR count). The van der Waals surface area contributed by atoms with Crippen LogP contribution in [-0.2, 0) is 0 Å². The first-order valence-corrected chi connectivity index (χ1v) is 3.09. The van der Waals surface area contributed by atoms with Gasteiger partial charge < -0.3 is 5.73 Å². The van der Waals surface area contributed by atoms with Crippen LogP contribution in [0.3, 0.4) is 0 Å². The highest BCUT2D eigenvalue weighted by atomic mass is 19.1. The molecule has 0 aliphatic heterocycles. The van der Waals surface area contributed by atoms with E-state index >= 15 is 0 Å². The van der Waals surface area contributed by atoms with Crippen molar-refractivity contribution in [2.24, 2.45) is 11.7 Å².